The normalized spacial score (nSPS) is 16.3. The number of hydrogen-bond donors (Lipinski definition) is 0. The van der Waals surface area contributed by atoms with Crippen molar-refractivity contribution < 1.29 is 9.26 Å². The highest BCUT2D eigenvalue weighted by atomic mass is 16.5. The molecule has 0 radical (unpaired) electrons. The van der Waals surface area contributed by atoms with E-state index >= 15 is 0 Å². The standard InChI is InChI=1S/C25H22N6O2/c1-16-5-4-6-22(28-16)25-19(14-31(30-25)24-7-2-3-10-32-24)20-8-9-21-23(29-20)11-17(12-26-21)18-13-27-33-15-18/h4-6,8-9,11-15,24H,2-3,7,10H2,1H3. The Morgan fingerprint density at radius 2 is 1.94 bits per heavy atom. The summed E-state index contributed by atoms with van der Waals surface area (Å²) < 4.78 is 12.9. The summed E-state index contributed by atoms with van der Waals surface area (Å²) in [6.07, 6.45) is 10.2. The van der Waals surface area contributed by atoms with E-state index in [1.165, 1.54) is 0 Å². The molecule has 0 saturated carbocycles. The van der Waals surface area contributed by atoms with E-state index in [2.05, 4.69) is 10.1 Å². The Morgan fingerprint density at radius 3 is 2.76 bits per heavy atom. The summed E-state index contributed by atoms with van der Waals surface area (Å²) in [6.45, 7) is 2.74. The van der Waals surface area contributed by atoms with Gasteiger partial charge in [-0.25, -0.2) is 9.67 Å². The molecule has 5 aromatic heterocycles. The molecule has 6 heterocycles. The van der Waals surface area contributed by atoms with Crippen molar-refractivity contribution in [3.05, 3.63) is 66.9 Å². The maximum atomic E-state index is 5.99. The molecule has 5 aromatic rings. The van der Waals surface area contributed by atoms with Gasteiger partial charge in [-0.1, -0.05) is 11.2 Å². The van der Waals surface area contributed by atoms with Crippen molar-refractivity contribution in [1.29, 1.82) is 0 Å². The van der Waals surface area contributed by atoms with Crippen LogP contribution in [0.15, 0.2) is 65.8 Å². The Hall–Kier alpha value is -3.91. The lowest BCUT2D eigenvalue weighted by molar-refractivity contribution is -0.0393. The average Bonchev–Trinajstić information content (AvgIpc) is 3.55. The number of rotatable bonds is 4. The summed E-state index contributed by atoms with van der Waals surface area (Å²) in [4.78, 5) is 14.2. The minimum absolute atomic E-state index is 0.0709. The molecule has 0 spiro atoms. The van der Waals surface area contributed by atoms with E-state index in [9.17, 15) is 0 Å². The zero-order valence-electron chi connectivity index (χ0n) is 18.2. The van der Waals surface area contributed by atoms with Crippen LogP contribution in [-0.4, -0.2) is 36.5 Å². The maximum Gasteiger partial charge on any atom is 0.150 e. The molecule has 1 aliphatic rings. The summed E-state index contributed by atoms with van der Waals surface area (Å²) in [5.41, 5.74) is 7.65. The lowest BCUT2D eigenvalue weighted by Crippen LogP contribution is -2.18. The number of aromatic nitrogens is 6. The van der Waals surface area contributed by atoms with Gasteiger partial charge in [0.2, 0.25) is 0 Å². The van der Waals surface area contributed by atoms with Crippen molar-refractivity contribution >= 4 is 11.0 Å². The van der Waals surface area contributed by atoms with Crippen LogP contribution < -0.4 is 0 Å². The van der Waals surface area contributed by atoms with Gasteiger partial charge in [0, 0.05) is 41.4 Å². The Kier molecular flexibility index (Phi) is 4.92. The Morgan fingerprint density at radius 1 is 0.970 bits per heavy atom. The first-order chi connectivity index (χ1) is 16.2. The van der Waals surface area contributed by atoms with Crippen LogP contribution in [0.2, 0.25) is 0 Å². The number of hydrogen-bond acceptors (Lipinski definition) is 7. The molecule has 8 nitrogen and oxygen atoms in total. The van der Waals surface area contributed by atoms with Gasteiger partial charge in [0.15, 0.2) is 0 Å². The number of ether oxygens (including phenoxy) is 1. The fourth-order valence-electron chi connectivity index (χ4n) is 4.18. The molecule has 1 aliphatic heterocycles. The Bertz CT molecular complexity index is 1420. The van der Waals surface area contributed by atoms with E-state index in [0.717, 1.165) is 76.4 Å². The summed E-state index contributed by atoms with van der Waals surface area (Å²) in [5, 5.41) is 8.70. The molecule has 0 aromatic carbocycles. The molecule has 0 amide bonds. The lowest BCUT2D eigenvalue weighted by atomic mass is 10.1. The van der Waals surface area contributed by atoms with Gasteiger partial charge in [0.05, 0.1) is 28.6 Å². The van der Waals surface area contributed by atoms with E-state index < -0.39 is 0 Å². The molecule has 8 heteroatoms. The molecule has 6 rings (SSSR count). The summed E-state index contributed by atoms with van der Waals surface area (Å²) in [7, 11) is 0. The van der Waals surface area contributed by atoms with Crippen molar-refractivity contribution in [2.24, 2.45) is 0 Å². The van der Waals surface area contributed by atoms with Gasteiger partial charge < -0.3 is 9.26 Å². The third kappa shape index (κ3) is 3.78. The molecule has 0 bridgehead atoms. The fourth-order valence-corrected chi connectivity index (χ4v) is 4.18. The number of nitrogens with zero attached hydrogens (tertiary/aromatic N) is 6. The van der Waals surface area contributed by atoms with E-state index in [-0.39, 0.29) is 6.23 Å². The van der Waals surface area contributed by atoms with Crippen LogP contribution in [0.4, 0.5) is 0 Å². The van der Waals surface area contributed by atoms with Crippen LogP contribution in [0.5, 0.6) is 0 Å². The Balaban J connectivity index is 1.48. The maximum absolute atomic E-state index is 5.99. The van der Waals surface area contributed by atoms with Crippen molar-refractivity contribution in [2.75, 3.05) is 6.61 Å². The molecule has 0 aliphatic carbocycles. The molecular weight excluding hydrogens is 416 g/mol. The second-order valence-corrected chi connectivity index (χ2v) is 8.23. The van der Waals surface area contributed by atoms with Crippen LogP contribution in [-0.2, 0) is 4.74 Å². The van der Waals surface area contributed by atoms with E-state index in [4.69, 9.17) is 24.3 Å². The van der Waals surface area contributed by atoms with Crippen LogP contribution in [0.3, 0.4) is 0 Å². The molecular formula is C25H22N6O2. The minimum atomic E-state index is -0.0709. The van der Waals surface area contributed by atoms with Crippen LogP contribution in [0.25, 0.3) is 44.8 Å². The smallest absolute Gasteiger partial charge is 0.150 e. The first kappa shape index (κ1) is 19.8. The van der Waals surface area contributed by atoms with Crippen LogP contribution >= 0.6 is 0 Å². The minimum Gasteiger partial charge on any atom is -0.364 e. The van der Waals surface area contributed by atoms with E-state index in [0.29, 0.717) is 0 Å². The van der Waals surface area contributed by atoms with Crippen LogP contribution in [0.1, 0.15) is 31.2 Å². The molecule has 1 saturated heterocycles. The lowest BCUT2D eigenvalue weighted by Gasteiger charge is -2.22. The molecule has 33 heavy (non-hydrogen) atoms. The van der Waals surface area contributed by atoms with Gasteiger partial charge in [-0.2, -0.15) is 5.10 Å². The second kappa shape index (κ2) is 8.22. The Labute approximate surface area is 190 Å². The fraction of sp³-hybridized carbons (Fsp3) is 0.240. The largest absolute Gasteiger partial charge is 0.364 e. The SMILES string of the molecule is Cc1cccc(-c2nn(C3CCCCO3)cc2-c2ccc3ncc(-c4cnoc4)cc3n2)n1. The van der Waals surface area contributed by atoms with Gasteiger partial charge in [-0.05, 0) is 56.5 Å². The van der Waals surface area contributed by atoms with Crippen LogP contribution in [0, 0.1) is 6.92 Å². The van der Waals surface area contributed by atoms with Crippen molar-refractivity contribution in [2.45, 2.75) is 32.4 Å². The molecule has 1 fully saturated rings. The number of aryl methyl sites for hydroxylation is 1. The predicted octanol–water partition coefficient (Wildman–Crippen LogP) is 5.22. The van der Waals surface area contributed by atoms with Gasteiger partial charge in [0.25, 0.3) is 0 Å². The predicted molar refractivity (Wildman–Crippen MR) is 123 cm³/mol. The first-order valence-corrected chi connectivity index (χ1v) is 11.1. The van der Waals surface area contributed by atoms with Crippen molar-refractivity contribution in [3.63, 3.8) is 0 Å². The number of pyridine rings is 3. The third-order valence-corrected chi connectivity index (χ3v) is 5.89. The summed E-state index contributed by atoms with van der Waals surface area (Å²) in [6, 6.07) is 11.9. The highest BCUT2D eigenvalue weighted by Crippen LogP contribution is 2.33. The number of fused-ring (bicyclic) bond motifs is 1. The topological polar surface area (TPSA) is 91.8 Å². The molecule has 0 N–H and O–H groups in total. The highest BCUT2D eigenvalue weighted by Gasteiger charge is 2.22. The zero-order chi connectivity index (χ0) is 22.2. The monoisotopic (exact) mass is 438 g/mol. The van der Waals surface area contributed by atoms with E-state index in [1.807, 2.05) is 54.2 Å². The van der Waals surface area contributed by atoms with Gasteiger partial charge in [-0.15, -0.1) is 0 Å². The molecule has 1 unspecified atom stereocenters. The summed E-state index contributed by atoms with van der Waals surface area (Å²) in [5.74, 6) is 0. The second-order valence-electron chi connectivity index (χ2n) is 8.23. The van der Waals surface area contributed by atoms with Crippen molar-refractivity contribution in [1.82, 2.24) is 29.9 Å². The average molecular weight is 438 g/mol. The summed E-state index contributed by atoms with van der Waals surface area (Å²) >= 11 is 0. The molecule has 1 atom stereocenters. The van der Waals surface area contributed by atoms with Gasteiger partial charge in [0.1, 0.15) is 18.2 Å². The van der Waals surface area contributed by atoms with Crippen molar-refractivity contribution in [3.8, 4) is 33.8 Å². The van der Waals surface area contributed by atoms with Gasteiger partial charge >= 0.3 is 0 Å². The van der Waals surface area contributed by atoms with E-state index in [1.54, 1.807) is 18.7 Å². The highest BCUT2D eigenvalue weighted by molar-refractivity contribution is 5.84. The van der Waals surface area contributed by atoms with Gasteiger partial charge in [-0.3, -0.25) is 9.97 Å². The quantitative estimate of drug-likeness (QED) is 0.380. The molecule has 164 valence electrons. The third-order valence-electron chi connectivity index (χ3n) is 5.89. The first-order valence-electron chi connectivity index (χ1n) is 11.1. The zero-order valence-corrected chi connectivity index (χ0v) is 18.2.